The van der Waals surface area contributed by atoms with Gasteiger partial charge in [-0.25, -0.2) is 0 Å². The maximum atomic E-state index is 12.7. The average Bonchev–Trinajstić information content (AvgIpc) is 3.27. The Kier molecular flexibility index (Phi) is 4.68. The normalized spacial score (nSPS) is 19.6. The fraction of sp³-hybridized carbons (Fsp3) is 0.400. The summed E-state index contributed by atoms with van der Waals surface area (Å²) in [6.45, 7) is 4.95. The molecular formula is C20H23N3O2S. The number of hydrogen-bond donors (Lipinski definition) is 1. The lowest BCUT2D eigenvalue weighted by Crippen LogP contribution is -2.31. The average molecular weight is 369 g/mol. The molecule has 0 aliphatic carbocycles. The molecular weight excluding hydrogens is 346 g/mol. The molecule has 0 saturated carbocycles. The molecule has 1 aromatic carbocycles. The molecule has 136 valence electrons. The first-order valence-electron chi connectivity index (χ1n) is 9.13. The van der Waals surface area contributed by atoms with Crippen molar-refractivity contribution in [1.82, 2.24) is 4.90 Å². The van der Waals surface area contributed by atoms with Crippen molar-refractivity contribution in [2.24, 2.45) is 5.92 Å². The first-order valence-corrected chi connectivity index (χ1v) is 10.0. The molecule has 1 saturated heterocycles. The molecule has 1 unspecified atom stereocenters. The Bertz CT molecular complexity index is 832. The van der Waals surface area contributed by atoms with Crippen LogP contribution in [0.1, 0.15) is 23.8 Å². The number of anilines is 2. The summed E-state index contributed by atoms with van der Waals surface area (Å²) in [4.78, 5) is 30.2. The summed E-state index contributed by atoms with van der Waals surface area (Å²) in [5, 5.41) is 5.23. The topological polar surface area (TPSA) is 52.7 Å². The summed E-state index contributed by atoms with van der Waals surface area (Å²) in [6, 6.07) is 10.1. The highest BCUT2D eigenvalue weighted by molar-refractivity contribution is 7.10. The van der Waals surface area contributed by atoms with Crippen LogP contribution in [0.3, 0.4) is 0 Å². The summed E-state index contributed by atoms with van der Waals surface area (Å²) < 4.78 is 0. The van der Waals surface area contributed by atoms with Gasteiger partial charge in [0.2, 0.25) is 11.8 Å². The molecule has 1 atom stereocenters. The van der Waals surface area contributed by atoms with Gasteiger partial charge < -0.3 is 15.1 Å². The number of nitrogens with one attached hydrogen (secondary N) is 1. The lowest BCUT2D eigenvalue weighted by molar-refractivity contribution is -0.128. The van der Waals surface area contributed by atoms with Crippen LogP contribution in [0.15, 0.2) is 35.7 Å². The molecule has 1 N–H and O–H groups in total. The molecule has 26 heavy (non-hydrogen) atoms. The Balaban J connectivity index is 1.50. The third-order valence-corrected chi connectivity index (χ3v) is 6.30. The molecule has 0 radical (unpaired) electrons. The van der Waals surface area contributed by atoms with E-state index in [9.17, 15) is 9.59 Å². The van der Waals surface area contributed by atoms with Crippen LogP contribution in [0.2, 0.25) is 0 Å². The van der Waals surface area contributed by atoms with E-state index in [1.165, 1.54) is 10.4 Å². The lowest BCUT2D eigenvalue weighted by Gasteiger charge is -2.31. The molecule has 1 aromatic heterocycles. The highest BCUT2D eigenvalue weighted by Crippen LogP contribution is 2.33. The Morgan fingerprint density at radius 1 is 1.31 bits per heavy atom. The minimum atomic E-state index is -0.264. The molecule has 1 fully saturated rings. The SMILES string of the molecule is CCN1CC(C(=O)Nc2ccccc2N2CCc3sccc3C2)CC1=O. The number of thiophene rings is 1. The van der Waals surface area contributed by atoms with Crippen molar-refractivity contribution in [3.8, 4) is 0 Å². The van der Waals surface area contributed by atoms with Gasteiger partial charge in [0.05, 0.1) is 17.3 Å². The zero-order valence-corrected chi connectivity index (χ0v) is 15.7. The number of benzene rings is 1. The number of fused-ring (bicyclic) bond motifs is 1. The van der Waals surface area contributed by atoms with Crippen LogP contribution < -0.4 is 10.2 Å². The van der Waals surface area contributed by atoms with E-state index in [-0.39, 0.29) is 17.7 Å². The van der Waals surface area contributed by atoms with Crippen molar-refractivity contribution in [1.29, 1.82) is 0 Å². The Morgan fingerprint density at radius 2 is 2.15 bits per heavy atom. The second kappa shape index (κ2) is 7.11. The van der Waals surface area contributed by atoms with E-state index in [1.54, 1.807) is 4.90 Å². The number of amides is 2. The van der Waals surface area contributed by atoms with Gasteiger partial charge in [-0.1, -0.05) is 12.1 Å². The molecule has 2 aromatic rings. The standard InChI is InChI=1S/C20H23N3O2S/c1-2-22-13-15(11-19(22)24)20(25)21-16-5-3-4-6-17(16)23-9-7-18-14(12-23)8-10-26-18/h3-6,8,10,15H,2,7,9,11-13H2,1H3,(H,21,25). The predicted octanol–water partition coefficient (Wildman–Crippen LogP) is 3.12. The van der Waals surface area contributed by atoms with Crippen LogP contribution in [0.25, 0.3) is 0 Å². The number of nitrogens with zero attached hydrogens (tertiary/aromatic N) is 2. The number of rotatable bonds is 4. The van der Waals surface area contributed by atoms with Crippen LogP contribution >= 0.6 is 11.3 Å². The van der Waals surface area contributed by atoms with Crippen LogP contribution in [0.5, 0.6) is 0 Å². The van der Waals surface area contributed by atoms with Gasteiger partial charge in [-0.3, -0.25) is 9.59 Å². The van der Waals surface area contributed by atoms with Crippen molar-refractivity contribution < 1.29 is 9.59 Å². The highest BCUT2D eigenvalue weighted by Gasteiger charge is 2.33. The number of para-hydroxylation sites is 2. The first kappa shape index (κ1) is 17.1. The minimum absolute atomic E-state index is 0.0602. The van der Waals surface area contributed by atoms with E-state index in [4.69, 9.17) is 0 Å². The zero-order valence-electron chi connectivity index (χ0n) is 14.9. The van der Waals surface area contributed by atoms with Crippen molar-refractivity contribution in [3.63, 3.8) is 0 Å². The fourth-order valence-corrected chi connectivity index (χ4v) is 4.69. The molecule has 2 aliphatic rings. The Morgan fingerprint density at radius 3 is 2.96 bits per heavy atom. The summed E-state index contributed by atoms with van der Waals surface area (Å²) >= 11 is 1.82. The number of carbonyl (C=O) groups is 2. The van der Waals surface area contributed by atoms with Crippen molar-refractivity contribution in [3.05, 3.63) is 46.2 Å². The quantitative estimate of drug-likeness (QED) is 0.901. The highest BCUT2D eigenvalue weighted by atomic mass is 32.1. The largest absolute Gasteiger partial charge is 0.365 e. The van der Waals surface area contributed by atoms with Gasteiger partial charge in [0.1, 0.15) is 0 Å². The van der Waals surface area contributed by atoms with Crippen LogP contribution in [-0.4, -0.2) is 36.3 Å². The van der Waals surface area contributed by atoms with E-state index < -0.39 is 0 Å². The molecule has 2 amide bonds. The van der Waals surface area contributed by atoms with Crippen LogP contribution in [0, 0.1) is 5.92 Å². The van der Waals surface area contributed by atoms with Crippen molar-refractivity contribution in [2.75, 3.05) is 29.9 Å². The molecule has 4 rings (SSSR count). The molecule has 6 heteroatoms. The van der Waals surface area contributed by atoms with E-state index in [1.807, 2.05) is 36.5 Å². The van der Waals surface area contributed by atoms with E-state index in [0.29, 0.717) is 19.5 Å². The van der Waals surface area contributed by atoms with Gasteiger partial charge in [0.25, 0.3) is 0 Å². The molecule has 0 bridgehead atoms. The molecule has 2 aliphatic heterocycles. The summed E-state index contributed by atoms with van der Waals surface area (Å²) in [5.41, 5.74) is 3.26. The number of carbonyl (C=O) groups excluding carboxylic acids is 2. The summed E-state index contributed by atoms with van der Waals surface area (Å²) in [6.07, 6.45) is 1.35. The van der Waals surface area contributed by atoms with Gasteiger partial charge in [-0.15, -0.1) is 11.3 Å². The monoisotopic (exact) mass is 369 g/mol. The van der Waals surface area contributed by atoms with Gasteiger partial charge in [-0.05, 0) is 42.5 Å². The maximum absolute atomic E-state index is 12.7. The second-order valence-electron chi connectivity index (χ2n) is 6.88. The summed E-state index contributed by atoms with van der Waals surface area (Å²) in [7, 11) is 0. The first-order chi connectivity index (χ1) is 12.7. The predicted molar refractivity (Wildman–Crippen MR) is 105 cm³/mol. The second-order valence-corrected chi connectivity index (χ2v) is 7.88. The van der Waals surface area contributed by atoms with Gasteiger partial charge in [0, 0.05) is 37.5 Å². The number of likely N-dealkylation sites (tertiary alicyclic amines) is 1. The minimum Gasteiger partial charge on any atom is -0.365 e. The Hall–Kier alpha value is -2.34. The fourth-order valence-electron chi connectivity index (χ4n) is 3.80. The van der Waals surface area contributed by atoms with Crippen LogP contribution in [0.4, 0.5) is 11.4 Å². The number of hydrogen-bond acceptors (Lipinski definition) is 4. The van der Waals surface area contributed by atoms with Crippen molar-refractivity contribution in [2.45, 2.75) is 26.3 Å². The van der Waals surface area contributed by atoms with Crippen LogP contribution in [-0.2, 0) is 22.6 Å². The van der Waals surface area contributed by atoms with Gasteiger partial charge in [-0.2, -0.15) is 0 Å². The lowest BCUT2D eigenvalue weighted by atomic mass is 10.1. The van der Waals surface area contributed by atoms with Gasteiger partial charge >= 0.3 is 0 Å². The van der Waals surface area contributed by atoms with E-state index in [2.05, 4.69) is 27.7 Å². The third kappa shape index (κ3) is 3.21. The third-order valence-electron chi connectivity index (χ3n) is 5.28. The zero-order chi connectivity index (χ0) is 18.1. The van der Waals surface area contributed by atoms with Crippen molar-refractivity contribution >= 4 is 34.5 Å². The van der Waals surface area contributed by atoms with E-state index in [0.717, 1.165) is 30.9 Å². The maximum Gasteiger partial charge on any atom is 0.229 e. The molecule has 5 nitrogen and oxygen atoms in total. The van der Waals surface area contributed by atoms with Gasteiger partial charge in [0.15, 0.2) is 0 Å². The molecule has 0 spiro atoms. The molecule has 3 heterocycles. The smallest absolute Gasteiger partial charge is 0.229 e. The Labute approximate surface area is 157 Å². The van der Waals surface area contributed by atoms with E-state index >= 15 is 0 Å². The summed E-state index contributed by atoms with van der Waals surface area (Å²) in [5.74, 6) is -0.253.